The third kappa shape index (κ3) is 6.26. The number of nitrogens with one attached hydrogen (secondary N) is 1. The molecule has 1 atom stereocenters. The summed E-state index contributed by atoms with van der Waals surface area (Å²) in [5, 5.41) is 5.53. The summed E-state index contributed by atoms with van der Waals surface area (Å²) in [6.45, 7) is 8.60. The van der Waals surface area contributed by atoms with Gasteiger partial charge in [-0.15, -0.1) is 5.92 Å². The summed E-state index contributed by atoms with van der Waals surface area (Å²) in [5.74, 6) is 5.78. The van der Waals surface area contributed by atoms with E-state index in [0.29, 0.717) is 42.4 Å². The van der Waals surface area contributed by atoms with Crippen molar-refractivity contribution in [2.45, 2.75) is 32.1 Å². The van der Waals surface area contributed by atoms with E-state index in [1.807, 2.05) is 30.3 Å². The second-order valence-electron chi connectivity index (χ2n) is 10.3. The Balaban J connectivity index is 1.50. The topological polar surface area (TPSA) is 65.0 Å². The maximum atomic E-state index is 15.3. The van der Waals surface area contributed by atoms with Gasteiger partial charge in [-0.1, -0.05) is 46.6 Å². The summed E-state index contributed by atoms with van der Waals surface area (Å²) >= 11 is 3.58. The molecule has 0 aliphatic heterocycles. The van der Waals surface area contributed by atoms with Crippen molar-refractivity contribution in [3.05, 3.63) is 100 Å². The highest BCUT2D eigenvalue weighted by atomic mass is 79.9. The van der Waals surface area contributed by atoms with Crippen molar-refractivity contribution in [1.29, 1.82) is 0 Å². The minimum absolute atomic E-state index is 0.00711. The van der Waals surface area contributed by atoms with Gasteiger partial charge < -0.3 is 14.5 Å². The number of nitrogens with zero attached hydrogens (tertiary/aromatic N) is 3. The molecule has 0 bridgehead atoms. The molecule has 1 unspecified atom stereocenters. The van der Waals surface area contributed by atoms with Crippen molar-refractivity contribution in [3.8, 4) is 34.7 Å². The molecule has 0 amide bonds. The van der Waals surface area contributed by atoms with E-state index < -0.39 is 17.0 Å². The number of hydrogen-bond donors (Lipinski definition) is 1. The molecule has 0 fully saturated rings. The summed E-state index contributed by atoms with van der Waals surface area (Å²) in [5.41, 5.74) is 1.72. The number of ether oxygens (including phenoxy) is 2. The number of aromatic nitrogens is 4. The first-order chi connectivity index (χ1) is 20.7. The molecule has 9 heteroatoms. The lowest BCUT2D eigenvalue weighted by molar-refractivity contribution is 0.157. The Bertz CT molecular complexity index is 1850. The zero-order chi connectivity index (χ0) is 30.6. The van der Waals surface area contributed by atoms with Gasteiger partial charge in [0.1, 0.15) is 18.2 Å². The molecule has 0 saturated carbocycles. The molecular weight excluding hydrogens is 614 g/mol. The van der Waals surface area contributed by atoms with Crippen LogP contribution in [0, 0.1) is 23.5 Å². The average molecular weight is 646 g/mol. The van der Waals surface area contributed by atoms with E-state index in [4.69, 9.17) is 19.6 Å². The molecule has 2 aromatic heterocycles. The predicted octanol–water partition coefficient (Wildman–Crippen LogP) is 8.57. The van der Waals surface area contributed by atoms with Crippen molar-refractivity contribution in [1.82, 2.24) is 19.7 Å². The second kappa shape index (κ2) is 12.9. The molecule has 0 aliphatic rings. The fraction of sp³-hybridized carbons (Fsp3) is 0.235. The molecule has 0 radical (unpaired) electrons. The van der Waals surface area contributed by atoms with Crippen LogP contribution in [0.3, 0.4) is 0 Å². The highest BCUT2D eigenvalue weighted by molar-refractivity contribution is 9.10. The standard InChI is InChI=1S/C34H31BrF2N4O2/c1-5-7-17-42-18-9-15-34(3,22-10-8-11-23(35)19-22)33-39-32(41(4)40-33)27-20-24(12-13-28(27)36)43-31-25(6-2)26-14-16-38-30(26)21-29(31)37/h6,8,10-14,16,19-21,38H,2,9,15,17-18H2,1,3-4H3. The quantitative estimate of drug-likeness (QED) is 0.116. The minimum Gasteiger partial charge on any atom is -0.454 e. The number of aromatic amines is 1. The molecule has 43 heavy (non-hydrogen) atoms. The molecule has 5 rings (SSSR count). The van der Waals surface area contributed by atoms with E-state index in [-0.39, 0.29) is 17.1 Å². The van der Waals surface area contributed by atoms with E-state index in [1.165, 1.54) is 24.3 Å². The van der Waals surface area contributed by atoms with Crippen LogP contribution < -0.4 is 4.74 Å². The molecule has 0 saturated heterocycles. The molecule has 2 heterocycles. The Morgan fingerprint density at radius 2 is 1.98 bits per heavy atom. The molecule has 6 nitrogen and oxygen atoms in total. The Morgan fingerprint density at radius 1 is 1.14 bits per heavy atom. The fourth-order valence-electron chi connectivity index (χ4n) is 5.14. The highest BCUT2D eigenvalue weighted by Gasteiger charge is 2.34. The van der Waals surface area contributed by atoms with Crippen LogP contribution in [0.5, 0.6) is 11.5 Å². The largest absolute Gasteiger partial charge is 0.454 e. The molecule has 3 aromatic carbocycles. The summed E-state index contributed by atoms with van der Waals surface area (Å²) in [6.07, 6.45) is 4.68. The van der Waals surface area contributed by atoms with E-state index in [9.17, 15) is 0 Å². The van der Waals surface area contributed by atoms with Gasteiger partial charge in [0.15, 0.2) is 23.2 Å². The van der Waals surface area contributed by atoms with Crippen LogP contribution in [-0.4, -0.2) is 33.0 Å². The average Bonchev–Trinajstić information content (AvgIpc) is 3.62. The normalized spacial score (nSPS) is 12.5. The Hall–Kier alpha value is -4.26. The SMILES string of the molecule is C=Cc1c(Oc2ccc(F)c(-c3nc(C(C)(CCCOCC#CC)c4cccc(Br)c4)nn3C)c2)c(F)cc2[nH]ccc12. The zero-order valence-electron chi connectivity index (χ0n) is 24.2. The second-order valence-corrected chi connectivity index (χ2v) is 11.2. The van der Waals surface area contributed by atoms with Gasteiger partial charge >= 0.3 is 0 Å². The van der Waals surface area contributed by atoms with E-state index in [0.717, 1.165) is 21.8 Å². The van der Waals surface area contributed by atoms with Crippen LogP contribution in [0.2, 0.25) is 0 Å². The number of aryl methyl sites for hydroxylation is 1. The first-order valence-electron chi connectivity index (χ1n) is 13.8. The number of benzene rings is 3. The summed E-state index contributed by atoms with van der Waals surface area (Å²) in [7, 11) is 1.72. The van der Waals surface area contributed by atoms with E-state index in [1.54, 1.807) is 30.9 Å². The van der Waals surface area contributed by atoms with Gasteiger partial charge in [-0.3, -0.25) is 0 Å². The van der Waals surface area contributed by atoms with Crippen LogP contribution >= 0.6 is 15.9 Å². The van der Waals surface area contributed by atoms with Gasteiger partial charge in [-0.2, -0.15) is 5.10 Å². The lowest BCUT2D eigenvalue weighted by Gasteiger charge is -2.27. The third-order valence-electron chi connectivity index (χ3n) is 7.44. The first kappa shape index (κ1) is 30.2. The zero-order valence-corrected chi connectivity index (χ0v) is 25.8. The lowest BCUT2D eigenvalue weighted by atomic mass is 9.78. The first-order valence-corrected chi connectivity index (χ1v) is 14.6. The van der Waals surface area contributed by atoms with Gasteiger partial charge in [0.05, 0.1) is 11.0 Å². The predicted molar refractivity (Wildman–Crippen MR) is 169 cm³/mol. The summed E-state index contributed by atoms with van der Waals surface area (Å²) in [6, 6.07) is 15.4. The lowest BCUT2D eigenvalue weighted by Crippen LogP contribution is -2.26. The minimum atomic E-state index is -0.599. The van der Waals surface area contributed by atoms with Crippen molar-refractivity contribution in [2.75, 3.05) is 13.2 Å². The maximum Gasteiger partial charge on any atom is 0.170 e. The Kier molecular flexibility index (Phi) is 9.09. The van der Waals surface area contributed by atoms with Crippen LogP contribution in [0.15, 0.2) is 71.8 Å². The molecule has 5 aromatic rings. The van der Waals surface area contributed by atoms with Gasteiger partial charge in [0.2, 0.25) is 0 Å². The van der Waals surface area contributed by atoms with Crippen molar-refractivity contribution >= 4 is 32.9 Å². The molecular formula is C34H31BrF2N4O2. The maximum absolute atomic E-state index is 15.3. The van der Waals surface area contributed by atoms with Crippen LogP contribution in [0.25, 0.3) is 28.4 Å². The number of rotatable bonds is 11. The molecule has 0 spiro atoms. The van der Waals surface area contributed by atoms with Crippen molar-refractivity contribution in [2.24, 2.45) is 7.05 Å². The fourth-order valence-corrected chi connectivity index (χ4v) is 5.54. The number of hydrogen-bond acceptors (Lipinski definition) is 4. The number of fused-ring (bicyclic) bond motifs is 1. The van der Waals surface area contributed by atoms with Crippen LogP contribution in [-0.2, 0) is 17.2 Å². The summed E-state index contributed by atoms with van der Waals surface area (Å²) in [4.78, 5) is 7.86. The van der Waals surface area contributed by atoms with Crippen LogP contribution in [0.4, 0.5) is 8.78 Å². The molecule has 1 N–H and O–H groups in total. The van der Waals surface area contributed by atoms with Gasteiger partial charge in [0, 0.05) is 46.9 Å². The molecule has 220 valence electrons. The van der Waals surface area contributed by atoms with E-state index >= 15 is 8.78 Å². The molecule has 0 aliphatic carbocycles. The smallest absolute Gasteiger partial charge is 0.170 e. The van der Waals surface area contributed by atoms with Crippen molar-refractivity contribution < 1.29 is 18.3 Å². The van der Waals surface area contributed by atoms with Crippen molar-refractivity contribution in [3.63, 3.8) is 0 Å². The number of halogens is 3. The highest BCUT2D eigenvalue weighted by Crippen LogP contribution is 2.39. The Morgan fingerprint density at radius 3 is 2.74 bits per heavy atom. The van der Waals surface area contributed by atoms with Gasteiger partial charge in [-0.25, -0.2) is 18.4 Å². The Labute approximate surface area is 257 Å². The van der Waals surface area contributed by atoms with Crippen LogP contribution in [0.1, 0.15) is 43.6 Å². The van der Waals surface area contributed by atoms with Gasteiger partial charge in [0.25, 0.3) is 0 Å². The van der Waals surface area contributed by atoms with Gasteiger partial charge in [-0.05, 0) is 68.7 Å². The van der Waals surface area contributed by atoms with E-state index in [2.05, 4.69) is 46.3 Å². The summed E-state index contributed by atoms with van der Waals surface area (Å²) < 4.78 is 44.6. The number of H-pyrrole nitrogens is 1. The third-order valence-corrected chi connectivity index (χ3v) is 7.93. The monoisotopic (exact) mass is 644 g/mol.